The van der Waals surface area contributed by atoms with Crippen LogP contribution in [-0.4, -0.2) is 0 Å². The van der Waals surface area contributed by atoms with Crippen LogP contribution in [0, 0.1) is 0 Å². The average molecular weight is 180 g/mol. The molecule has 1 aromatic carbocycles. The highest BCUT2D eigenvalue weighted by Crippen LogP contribution is 2.14. The third-order valence-electron chi connectivity index (χ3n) is 3.00. The predicted octanol–water partition coefficient (Wildman–Crippen LogP) is 1.47. The van der Waals surface area contributed by atoms with Crippen LogP contribution in [0.3, 0.4) is 0 Å². The summed E-state index contributed by atoms with van der Waals surface area (Å²) in [7, 11) is 0. The molecule has 0 unspecified atom stereocenters. The molecule has 0 heteroatoms. The first-order valence-corrected chi connectivity index (χ1v) is 4.94. The molecule has 0 amide bonds. The van der Waals surface area contributed by atoms with Gasteiger partial charge in [-0.1, -0.05) is 48.6 Å². The molecule has 0 atom stereocenters. The fourth-order valence-electron chi connectivity index (χ4n) is 2.38. The van der Waals surface area contributed by atoms with Crippen molar-refractivity contribution in [1.29, 1.82) is 0 Å². The second-order valence-electron chi connectivity index (χ2n) is 4.17. The Morgan fingerprint density at radius 3 is 1.64 bits per heavy atom. The second-order valence-corrected chi connectivity index (χ2v) is 4.17. The van der Waals surface area contributed by atoms with Crippen molar-refractivity contribution in [2.24, 2.45) is 0 Å². The van der Waals surface area contributed by atoms with E-state index in [4.69, 9.17) is 0 Å². The molecule has 0 radical (unpaired) electrons. The largest absolute Gasteiger partial charge is 0.0955 e. The Hall–Kier alpha value is -1.56. The van der Waals surface area contributed by atoms with E-state index in [0.717, 1.165) is 12.8 Å². The molecule has 0 aliphatic heterocycles. The summed E-state index contributed by atoms with van der Waals surface area (Å²) >= 11 is 0. The van der Waals surface area contributed by atoms with Gasteiger partial charge in [-0.3, -0.25) is 0 Å². The molecule has 2 aliphatic carbocycles. The Bertz CT molecular complexity index is 518. The van der Waals surface area contributed by atoms with Crippen molar-refractivity contribution >= 4 is 12.2 Å². The summed E-state index contributed by atoms with van der Waals surface area (Å²) in [6.45, 7) is 8.04. The van der Waals surface area contributed by atoms with Gasteiger partial charge in [0.15, 0.2) is 0 Å². The van der Waals surface area contributed by atoms with Crippen LogP contribution in [0.1, 0.15) is 11.1 Å². The fourth-order valence-corrected chi connectivity index (χ4v) is 2.38. The van der Waals surface area contributed by atoms with E-state index in [-0.39, 0.29) is 0 Å². The zero-order chi connectivity index (χ0) is 9.71. The predicted molar refractivity (Wildman–Crippen MR) is 60.3 cm³/mol. The molecule has 2 aliphatic rings. The van der Waals surface area contributed by atoms with Crippen LogP contribution in [0.25, 0.3) is 12.2 Å². The van der Waals surface area contributed by atoms with Crippen LogP contribution in [0.5, 0.6) is 0 Å². The zero-order valence-corrected chi connectivity index (χ0v) is 8.14. The van der Waals surface area contributed by atoms with Gasteiger partial charge >= 0.3 is 0 Å². The van der Waals surface area contributed by atoms with Crippen molar-refractivity contribution < 1.29 is 0 Å². The van der Waals surface area contributed by atoms with Crippen molar-refractivity contribution in [2.75, 3.05) is 0 Å². The molecule has 0 saturated carbocycles. The van der Waals surface area contributed by atoms with E-state index in [2.05, 4.69) is 37.4 Å². The maximum atomic E-state index is 4.02. The highest BCUT2D eigenvalue weighted by atomic mass is 14.2. The summed E-state index contributed by atoms with van der Waals surface area (Å²) in [5, 5.41) is 2.76. The third-order valence-corrected chi connectivity index (χ3v) is 3.00. The Morgan fingerprint density at radius 1 is 0.786 bits per heavy atom. The monoisotopic (exact) mass is 180 g/mol. The fraction of sp³-hybridized carbons (Fsp3) is 0.143. The second kappa shape index (κ2) is 2.48. The first kappa shape index (κ1) is 7.81. The van der Waals surface area contributed by atoms with E-state index in [1.807, 2.05) is 0 Å². The maximum absolute atomic E-state index is 4.02. The average Bonchev–Trinajstić information content (AvgIpc) is 2.65. The van der Waals surface area contributed by atoms with Crippen LogP contribution >= 0.6 is 0 Å². The summed E-state index contributed by atoms with van der Waals surface area (Å²) < 4.78 is 0. The first-order chi connectivity index (χ1) is 6.74. The van der Waals surface area contributed by atoms with Crippen molar-refractivity contribution in [3.8, 4) is 0 Å². The number of allylic oxidation sites excluding steroid dienone is 2. The van der Waals surface area contributed by atoms with Crippen molar-refractivity contribution in [3.63, 3.8) is 0 Å². The zero-order valence-electron chi connectivity index (χ0n) is 8.14. The Balaban J connectivity index is 2.47. The lowest BCUT2D eigenvalue weighted by Crippen LogP contribution is -2.27. The standard InChI is InChI=1S/C14H12/c1-9-5-11-3-4-12-6-10(2)8-14(12)13(11)7-9/h3-4,7-8H,1-2,5-6H2. The molecule has 68 valence electrons. The molecule has 0 N–H and O–H groups in total. The molecule has 0 heterocycles. The summed E-state index contributed by atoms with van der Waals surface area (Å²) in [6.07, 6.45) is 6.46. The molecule has 14 heavy (non-hydrogen) atoms. The maximum Gasteiger partial charge on any atom is -0.00253 e. The van der Waals surface area contributed by atoms with Crippen LogP contribution in [-0.2, 0) is 12.8 Å². The molecule has 0 saturated heterocycles. The minimum atomic E-state index is 1.02. The van der Waals surface area contributed by atoms with Gasteiger partial charge in [-0.2, -0.15) is 0 Å². The third kappa shape index (κ3) is 0.941. The highest BCUT2D eigenvalue weighted by Gasteiger charge is 2.12. The van der Waals surface area contributed by atoms with Gasteiger partial charge in [-0.15, -0.1) is 0 Å². The summed E-state index contributed by atoms with van der Waals surface area (Å²) in [4.78, 5) is 0. The molecule has 0 aromatic heterocycles. The normalized spacial score (nSPS) is 17.4. The van der Waals surface area contributed by atoms with Crippen molar-refractivity contribution in [3.05, 3.63) is 58.0 Å². The lowest BCUT2D eigenvalue weighted by molar-refractivity contribution is 1.20. The van der Waals surface area contributed by atoms with Crippen LogP contribution < -0.4 is 10.4 Å². The van der Waals surface area contributed by atoms with Gasteiger partial charge < -0.3 is 0 Å². The molecular weight excluding hydrogens is 168 g/mol. The number of hydrogen-bond acceptors (Lipinski definition) is 0. The number of rotatable bonds is 0. The quantitative estimate of drug-likeness (QED) is 0.567. The SMILES string of the molecule is C=C1C=c2c(ccc3c2=CC(=C)C3)C1. The Kier molecular flexibility index (Phi) is 1.38. The van der Waals surface area contributed by atoms with Crippen LogP contribution in [0.15, 0.2) is 36.4 Å². The minimum Gasteiger partial charge on any atom is -0.0955 e. The van der Waals surface area contributed by atoms with E-state index in [1.165, 1.54) is 32.7 Å². The molecule has 0 fully saturated rings. The van der Waals surface area contributed by atoms with E-state index >= 15 is 0 Å². The van der Waals surface area contributed by atoms with E-state index < -0.39 is 0 Å². The van der Waals surface area contributed by atoms with Gasteiger partial charge in [0, 0.05) is 0 Å². The van der Waals surface area contributed by atoms with Crippen LogP contribution in [0.4, 0.5) is 0 Å². The lowest BCUT2D eigenvalue weighted by atomic mass is 10.1. The van der Waals surface area contributed by atoms with Crippen molar-refractivity contribution in [1.82, 2.24) is 0 Å². The summed E-state index contributed by atoms with van der Waals surface area (Å²) in [5.74, 6) is 0. The molecule has 0 spiro atoms. The van der Waals surface area contributed by atoms with Gasteiger partial charge in [0.05, 0.1) is 0 Å². The lowest BCUT2D eigenvalue weighted by Gasteiger charge is -1.97. The summed E-state index contributed by atoms with van der Waals surface area (Å²) in [6, 6.07) is 4.46. The Morgan fingerprint density at radius 2 is 1.21 bits per heavy atom. The minimum absolute atomic E-state index is 1.02. The number of fused-ring (bicyclic) bond motifs is 3. The molecular formula is C14H12. The smallest absolute Gasteiger partial charge is 0.00253 e. The van der Waals surface area contributed by atoms with Gasteiger partial charge in [-0.25, -0.2) is 0 Å². The van der Waals surface area contributed by atoms with Gasteiger partial charge in [0.1, 0.15) is 0 Å². The number of hydrogen-bond donors (Lipinski definition) is 0. The summed E-state index contributed by atoms with van der Waals surface area (Å²) in [5.41, 5.74) is 5.28. The van der Waals surface area contributed by atoms with Gasteiger partial charge in [-0.05, 0) is 34.4 Å². The van der Waals surface area contributed by atoms with Gasteiger partial charge in [0.25, 0.3) is 0 Å². The molecule has 0 bridgehead atoms. The molecule has 0 nitrogen and oxygen atoms in total. The topological polar surface area (TPSA) is 0 Å². The molecule has 1 aromatic rings. The van der Waals surface area contributed by atoms with E-state index in [9.17, 15) is 0 Å². The van der Waals surface area contributed by atoms with Crippen molar-refractivity contribution in [2.45, 2.75) is 12.8 Å². The van der Waals surface area contributed by atoms with E-state index in [1.54, 1.807) is 0 Å². The van der Waals surface area contributed by atoms with Crippen LogP contribution in [0.2, 0.25) is 0 Å². The first-order valence-electron chi connectivity index (χ1n) is 4.94. The molecule has 3 rings (SSSR count). The van der Waals surface area contributed by atoms with Gasteiger partial charge in [0.2, 0.25) is 0 Å². The van der Waals surface area contributed by atoms with E-state index in [0.29, 0.717) is 0 Å². The Labute approximate surface area is 83.6 Å². The highest BCUT2D eigenvalue weighted by molar-refractivity contribution is 5.62. The number of benzene rings is 1.